The number of rotatable bonds is 3. The number of hydrogen-bond acceptors (Lipinski definition) is 5. The molecule has 1 aliphatic heterocycles. The third-order valence-electron chi connectivity index (χ3n) is 6.46. The van der Waals surface area contributed by atoms with Gasteiger partial charge in [0, 0.05) is 26.2 Å². The van der Waals surface area contributed by atoms with E-state index >= 15 is 0 Å². The van der Waals surface area contributed by atoms with Gasteiger partial charge in [-0.05, 0) is 40.3 Å². The fraction of sp³-hybridized carbons (Fsp3) is 0.240. The minimum Gasteiger partial charge on any atom is -0.445 e. The standard InChI is InChI=1S/C25H23N5O2/c31-25(30-10-8-29(9-11-30)19-13-23-24(26-14-19)28-16-27-23)32-15-18-5-3-7-21-20-6-2-1-4-17(20)12-22(18)21/h1-7,13-14,16H,8-12,15H2,(H,26,27,28). The van der Waals surface area contributed by atoms with Crippen molar-refractivity contribution in [3.63, 3.8) is 0 Å². The van der Waals surface area contributed by atoms with E-state index in [2.05, 4.69) is 62.3 Å². The van der Waals surface area contributed by atoms with Crippen molar-refractivity contribution < 1.29 is 9.53 Å². The lowest BCUT2D eigenvalue weighted by molar-refractivity contribution is 0.0940. The predicted molar refractivity (Wildman–Crippen MR) is 123 cm³/mol. The summed E-state index contributed by atoms with van der Waals surface area (Å²) in [6, 6.07) is 16.8. The van der Waals surface area contributed by atoms with E-state index in [1.54, 1.807) is 11.2 Å². The monoisotopic (exact) mass is 425 g/mol. The van der Waals surface area contributed by atoms with Crippen LogP contribution in [0.4, 0.5) is 10.5 Å². The van der Waals surface area contributed by atoms with E-state index in [4.69, 9.17) is 4.74 Å². The number of piperazine rings is 1. The third-order valence-corrected chi connectivity index (χ3v) is 6.46. The summed E-state index contributed by atoms with van der Waals surface area (Å²) in [5, 5.41) is 0. The fourth-order valence-corrected chi connectivity index (χ4v) is 4.73. The Labute approximate surface area is 185 Å². The number of anilines is 1. The number of carbonyl (C=O) groups excluding carboxylic acids is 1. The molecule has 0 bridgehead atoms. The highest BCUT2D eigenvalue weighted by Crippen LogP contribution is 2.38. The molecule has 160 valence electrons. The van der Waals surface area contributed by atoms with Gasteiger partial charge < -0.3 is 19.5 Å². The maximum Gasteiger partial charge on any atom is 0.410 e. The molecule has 7 nitrogen and oxygen atoms in total. The first kappa shape index (κ1) is 18.9. The SMILES string of the molecule is O=C(OCc1cccc2c1Cc1ccccc1-2)N1CCN(c2cnc3nc[nH]c3c2)CC1. The van der Waals surface area contributed by atoms with Gasteiger partial charge in [-0.15, -0.1) is 0 Å². The molecule has 0 saturated carbocycles. The minimum absolute atomic E-state index is 0.250. The van der Waals surface area contributed by atoms with Crippen molar-refractivity contribution in [3.05, 3.63) is 77.7 Å². The smallest absolute Gasteiger partial charge is 0.410 e. The summed E-state index contributed by atoms with van der Waals surface area (Å²) in [5.41, 5.74) is 8.90. The van der Waals surface area contributed by atoms with Crippen molar-refractivity contribution in [3.8, 4) is 11.1 Å². The van der Waals surface area contributed by atoms with Crippen molar-refractivity contribution in [2.45, 2.75) is 13.0 Å². The van der Waals surface area contributed by atoms with E-state index in [0.717, 1.165) is 36.3 Å². The molecule has 2 aromatic carbocycles. The van der Waals surface area contributed by atoms with Crippen molar-refractivity contribution in [1.29, 1.82) is 0 Å². The molecule has 32 heavy (non-hydrogen) atoms. The second kappa shape index (κ2) is 7.67. The highest BCUT2D eigenvalue weighted by molar-refractivity contribution is 5.78. The van der Waals surface area contributed by atoms with Crippen molar-refractivity contribution in [2.75, 3.05) is 31.1 Å². The molecule has 1 N–H and O–H groups in total. The van der Waals surface area contributed by atoms with Crippen LogP contribution in [-0.2, 0) is 17.8 Å². The Morgan fingerprint density at radius 2 is 1.84 bits per heavy atom. The molecule has 3 heterocycles. The number of pyridine rings is 1. The van der Waals surface area contributed by atoms with Crippen molar-refractivity contribution in [2.24, 2.45) is 0 Å². The molecule has 2 aromatic heterocycles. The summed E-state index contributed by atoms with van der Waals surface area (Å²) >= 11 is 0. The Balaban J connectivity index is 1.08. The molecule has 0 unspecified atom stereocenters. The van der Waals surface area contributed by atoms with Gasteiger partial charge in [-0.25, -0.2) is 14.8 Å². The first-order valence-corrected chi connectivity index (χ1v) is 10.9. The van der Waals surface area contributed by atoms with Crippen LogP contribution in [0, 0.1) is 0 Å². The van der Waals surface area contributed by atoms with E-state index in [-0.39, 0.29) is 6.09 Å². The second-order valence-electron chi connectivity index (χ2n) is 8.27. The number of carbonyl (C=O) groups is 1. The largest absolute Gasteiger partial charge is 0.445 e. The molecule has 1 fully saturated rings. The van der Waals surface area contributed by atoms with Crippen molar-refractivity contribution in [1.82, 2.24) is 19.9 Å². The quantitative estimate of drug-likeness (QED) is 0.473. The Bertz CT molecular complexity index is 1310. The number of ether oxygens (including phenoxy) is 1. The zero-order chi connectivity index (χ0) is 21.5. The summed E-state index contributed by atoms with van der Waals surface area (Å²) in [6.07, 6.45) is 4.13. The van der Waals surface area contributed by atoms with E-state index in [0.29, 0.717) is 25.3 Å². The van der Waals surface area contributed by atoms with Crippen LogP contribution in [-0.4, -0.2) is 52.1 Å². The number of aromatic amines is 1. The molecule has 4 aromatic rings. The zero-order valence-corrected chi connectivity index (χ0v) is 17.6. The number of fused-ring (bicyclic) bond motifs is 4. The number of hydrogen-bond donors (Lipinski definition) is 1. The molecule has 2 aliphatic rings. The van der Waals surface area contributed by atoms with E-state index < -0.39 is 0 Å². The molecular weight excluding hydrogens is 402 g/mol. The maximum atomic E-state index is 12.7. The van der Waals surface area contributed by atoms with Crippen LogP contribution in [0.3, 0.4) is 0 Å². The summed E-state index contributed by atoms with van der Waals surface area (Å²) in [6.45, 7) is 3.03. The number of aromatic nitrogens is 3. The molecule has 0 spiro atoms. The molecule has 1 aliphatic carbocycles. The van der Waals surface area contributed by atoms with E-state index in [1.807, 2.05) is 12.3 Å². The van der Waals surface area contributed by atoms with Crippen LogP contribution in [0.1, 0.15) is 16.7 Å². The van der Waals surface area contributed by atoms with Gasteiger partial charge >= 0.3 is 6.09 Å². The van der Waals surface area contributed by atoms with E-state index in [9.17, 15) is 4.79 Å². The highest BCUT2D eigenvalue weighted by atomic mass is 16.6. The molecule has 7 heteroatoms. The van der Waals surface area contributed by atoms with Gasteiger partial charge in [0.2, 0.25) is 0 Å². The highest BCUT2D eigenvalue weighted by Gasteiger charge is 2.24. The lowest BCUT2D eigenvalue weighted by atomic mass is 10.0. The minimum atomic E-state index is -0.250. The molecule has 1 saturated heterocycles. The third kappa shape index (κ3) is 3.26. The van der Waals surface area contributed by atoms with Crippen LogP contribution >= 0.6 is 0 Å². The van der Waals surface area contributed by atoms with Gasteiger partial charge in [-0.1, -0.05) is 42.5 Å². The van der Waals surface area contributed by atoms with Crippen LogP contribution < -0.4 is 4.90 Å². The average Bonchev–Trinajstić information content (AvgIpc) is 3.47. The van der Waals surface area contributed by atoms with Gasteiger partial charge in [0.15, 0.2) is 5.65 Å². The Morgan fingerprint density at radius 3 is 2.75 bits per heavy atom. The number of nitrogens with zero attached hydrogens (tertiary/aromatic N) is 4. The van der Waals surface area contributed by atoms with Gasteiger partial charge in [-0.2, -0.15) is 0 Å². The molecule has 6 rings (SSSR count). The summed E-state index contributed by atoms with van der Waals surface area (Å²) in [4.78, 5) is 28.4. The van der Waals surface area contributed by atoms with Gasteiger partial charge in [0.05, 0.1) is 23.7 Å². The number of H-pyrrole nitrogens is 1. The average molecular weight is 425 g/mol. The topological polar surface area (TPSA) is 74.3 Å². The summed E-state index contributed by atoms with van der Waals surface area (Å²) in [5.74, 6) is 0. The van der Waals surface area contributed by atoms with E-state index in [1.165, 1.54) is 22.3 Å². The molecular formula is C25H23N5O2. The van der Waals surface area contributed by atoms with Gasteiger partial charge in [0.1, 0.15) is 6.61 Å². The van der Waals surface area contributed by atoms with Gasteiger partial charge in [-0.3, -0.25) is 0 Å². The predicted octanol–water partition coefficient (Wildman–Crippen LogP) is 3.99. The molecule has 0 atom stereocenters. The lowest BCUT2D eigenvalue weighted by Crippen LogP contribution is -2.49. The first-order valence-electron chi connectivity index (χ1n) is 10.9. The van der Waals surface area contributed by atoms with Gasteiger partial charge in [0.25, 0.3) is 0 Å². The maximum absolute atomic E-state index is 12.7. The van der Waals surface area contributed by atoms with Crippen LogP contribution in [0.15, 0.2) is 61.1 Å². The Kier molecular flexibility index (Phi) is 4.52. The van der Waals surface area contributed by atoms with Crippen LogP contribution in [0.2, 0.25) is 0 Å². The number of amides is 1. The van der Waals surface area contributed by atoms with Crippen LogP contribution in [0.5, 0.6) is 0 Å². The zero-order valence-electron chi connectivity index (χ0n) is 17.6. The normalized spacial score (nSPS) is 15.0. The summed E-state index contributed by atoms with van der Waals surface area (Å²) < 4.78 is 5.72. The molecule has 0 radical (unpaired) electrons. The number of benzene rings is 2. The lowest BCUT2D eigenvalue weighted by Gasteiger charge is -2.35. The Hall–Kier alpha value is -3.87. The number of nitrogens with one attached hydrogen (secondary N) is 1. The first-order chi connectivity index (χ1) is 15.8. The Morgan fingerprint density at radius 1 is 1.00 bits per heavy atom. The van der Waals surface area contributed by atoms with Crippen LogP contribution in [0.25, 0.3) is 22.3 Å². The fourth-order valence-electron chi connectivity index (χ4n) is 4.73. The van der Waals surface area contributed by atoms with Crippen molar-refractivity contribution >= 4 is 22.9 Å². The second-order valence-corrected chi connectivity index (χ2v) is 8.27. The molecule has 1 amide bonds. The summed E-state index contributed by atoms with van der Waals surface area (Å²) in [7, 11) is 0. The number of imidazole rings is 1.